The molecule has 1 atom stereocenters. The van der Waals surface area contributed by atoms with E-state index in [9.17, 15) is 13.9 Å². The molecule has 100 valence electrons. The fourth-order valence-electron chi connectivity index (χ4n) is 2.98. The Morgan fingerprint density at radius 1 is 1.28 bits per heavy atom. The highest BCUT2D eigenvalue weighted by Gasteiger charge is 2.40. The van der Waals surface area contributed by atoms with Crippen LogP contribution in [0.2, 0.25) is 0 Å². The van der Waals surface area contributed by atoms with E-state index in [2.05, 4.69) is 15.9 Å². The van der Waals surface area contributed by atoms with Gasteiger partial charge < -0.3 is 5.11 Å². The van der Waals surface area contributed by atoms with Gasteiger partial charge in [0.15, 0.2) is 0 Å². The van der Waals surface area contributed by atoms with Crippen LogP contribution in [-0.2, 0) is 0 Å². The lowest BCUT2D eigenvalue weighted by molar-refractivity contribution is 0.0209. The van der Waals surface area contributed by atoms with Crippen LogP contribution in [0.5, 0.6) is 0 Å². The monoisotopic (exact) mass is 318 g/mol. The summed E-state index contributed by atoms with van der Waals surface area (Å²) in [6, 6.07) is 2.20. The summed E-state index contributed by atoms with van der Waals surface area (Å²) < 4.78 is 27.5. The fraction of sp³-hybridized carbons (Fsp3) is 0.571. The van der Waals surface area contributed by atoms with Crippen LogP contribution in [0.4, 0.5) is 8.78 Å². The second kappa shape index (κ2) is 5.25. The van der Waals surface area contributed by atoms with E-state index >= 15 is 0 Å². The molecule has 1 nitrogen and oxygen atoms in total. The summed E-state index contributed by atoms with van der Waals surface area (Å²) in [6.45, 7) is 2.00. The Morgan fingerprint density at radius 3 is 2.44 bits per heavy atom. The molecule has 2 rings (SSSR count). The van der Waals surface area contributed by atoms with Crippen molar-refractivity contribution in [3.63, 3.8) is 0 Å². The van der Waals surface area contributed by atoms with Crippen molar-refractivity contribution in [1.82, 2.24) is 0 Å². The fourth-order valence-corrected chi connectivity index (χ4v) is 3.29. The highest BCUT2D eigenvalue weighted by Crippen LogP contribution is 2.50. The van der Waals surface area contributed by atoms with Gasteiger partial charge in [-0.25, -0.2) is 8.78 Å². The molecule has 0 heterocycles. The number of halogens is 3. The number of rotatable bonds is 3. The molecule has 4 heteroatoms. The van der Waals surface area contributed by atoms with Crippen molar-refractivity contribution >= 4 is 15.9 Å². The zero-order valence-corrected chi connectivity index (χ0v) is 11.9. The molecule has 0 spiro atoms. The largest absolute Gasteiger partial charge is 0.388 e. The third kappa shape index (κ3) is 2.32. The molecule has 1 unspecified atom stereocenters. The Labute approximate surface area is 114 Å². The maximum Gasteiger partial charge on any atom is 0.137 e. The van der Waals surface area contributed by atoms with Gasteiger partial charge in [-0.05, 0) is 47.3 Å². The Kier molecular flexibility index (Phi) is 4.07. The molecule has 1 saturated carbocycles. The van der Waals surface area contributed by atoms with Crippen LogP contribution in [0.15, 0.2) is 16.6 Å². The maximum absolute atomic E-state index is 13.9. The summed E-state index contributed by atoms with van der Waals surface area (Å²) in [5.41, 5.74) is -0.208. The van der Waals surface area contributed by atoms with E-state index in [1.807, 2.05) is 6.92 Å². The van der Waals surface area contributed by atoms with Crippen LogP contribution in [0.3, 0.4) is 0 Å². The average molecular weight is 319 g/mol. The first-order chi connectivity index (χ1) is 8.50. The lowest BCUT2D eigenvalue weighted by atomic mass is 9.75. The summed E-state index contributed by atoms with van der Waals surface area (Å²) in [5.74, 6) is -1.08. The summed E-state index contributed by atoms with van der Waals surface area (Å²) in [4.78, 5) is 0. The standard InChI is InChI=1S/C14H17BrF2O/c1-2-14(5-3-4-6-14)13(18)9-7-12(17)10(15)8-11(9)16/h7-8,13,18H,2-6H2,1H3. The minimum atomic E-state index is -0.924. The minimum absolute atomic E-state index is 0.0828. The van der Waals surface area contributed by atoms with Crippen molar-refractivity contribution in [2.24, 2.45) is 5.41 Å². The molecule has 0 amide bonds. The lowest BCUT2D eigenvalue weighted by Crippen LogP contribution is -2.26. The molecule has 1 aromatic rings. The SMILES string of the molecule is CCC1(C(O)c2cc(F)c(Br)cc2F)CCCC1. The van der Waals surface area contributed by atoms with E-state index < -0.39 is 17.7 Å². The van der Waals surface area contributed by atoms with Gasteiger partial charge in [-0.2, -0.15) is 0 Å². The van der Waals surface area contributed by atoms with Crippen molar-refractivity contribution in [1.29, 1.82) is 0 Å². The van der Waals surface area contributed by atoms with E-state index in [1.54, 1.807) is 0 Å². The van der Waals surface area contributed by atoms with Crippen LogP contribution >= 0.6 is 15.9 Å². The second-order valence-electron chi connectivity index (χ2n) is 5.11. The van der Waals surface area contributed by atoms with Crippen molar-refractivity contribution in [3.8, 4) is 0 Å². The molecule has 1 N–H and O–H groups in total. The van der Waals surface area contributed by atoms with Crippen LogP contribution in [0, 0.1) is 17.0 Å². The van der Waals surface area contributed by atoms with Gasteiger partial charge >= 0.3 is 0 Å². The maximum atomic E-state index is 13.9. The third-order valence-corrected chi connectivity index (χ3v) is 4.83. The van der Waals surface area contributed by atoms with Crippen LogP contribution in [0.25, 0.3) is 0 Å². The summed E-state index contributed by atoms with van der Waals surface area (Å²) in [5, 5.41) is 10.4. The topological polar surface area (TPSA) is 20.2 Å². The molecule has 1 aliphatic carbocycles. The second-order valence-corrected chi connectivity index (χ2v) is 5.97. The van der Waals surface area contributed by atoms with Crippen molar-refractivity contribution in [2.75, 3.05) is 0 Å². The zero-order chi connectivity index (χ0) is 13.3. The quantitative estimate of drug-likeness (QED) is 0.799. The van der Waals surface area contributed by atoms with Gasteiger partial charge in [0.05, 0.1) is 10.6 Å². The average Bonchev–Trinajstić information content (AvgIpc) is 2.83. The Balaban J connectivity index is 2.39. The number of benzene rings is 1. The van der Waals surface area contributed by atoms with E-state index in [-0.39, 0.29) is 15.5 Å². The Hall–Kier alpha value is -0.480. The molecule has 0 bridgehead atoms. The Bertz CT molecular complexity index is 442. The molecule has 1 fully saturated rings. The van der Waals surface area contributed by atoms with Crippen molar-refractivity contribution < 1.29 is 13.9 Å². The number of hydrogen-bond acceptors (Lipinski definition) is 1. The molecule has 0 aromatic heterocycles. The van der Waals surface area contributed by atoms with E-state index in [0.717, 1.165) is 44.2 Å². The number of aliphatic hydroxyl groups excluding tert-OH is 1. The number of hydrogen-bond donors (Lipinski definition) is 1. The molecule has 0 aliphatic heterocycles. The van der Waals surface area contributed by atoms with E-state index in [1.165, 1.54) is 0 Å². The first kappa shape index (κ1) is 13.9. The highest BCUT2D eigenvalue weighted by molar-refractivity contribution is 9.10. The number of aliphatic hydroxyl groups is 1. The van der Waals surface area contributed by atoms with E-state index in [0.29, 0.717) is 0 Å². The van der Waals surface area contributed by atoms with Crippen LogP contribution in [-0.4, -0.2) is 5.11 Å². The normalized spacial score (nSPS) is 20.1. The van der Waals surface area contributed by atoms with Gasteiger partial charge in [0.1, 0.15) is 11.6 Å². The molecular formula is C14H17BrF2O. The molecule has 0 saturated heterocycles. The molecule has 1 aliphatic rings. The lowest BCUT2D eigenvalue weighted by Gasteiger charge is -2.33. The first-order valence-corrected chi connectivity index (χ1v) is 7.12. The molecule has 1 aromatic carbocycles. The predicted octanol–water partition coefficient (Wildman–Crippen LogP) is 4.73. The van der Waals surface area contributed by atoms with Gasteiger partial charge in [0.2, 0.25) is 0 Å². The Morgan fingerprint density at radius 2 is 1.89 bits per heavy atom. The highest BCUT2D eigenvalue weighted by atomic mass is 79.9. The van der Waals surface area contributed by atoms with Gasteiger partial charge in [0, 0.05) is 11.0 Å². The van der Waals surface area contributed by atoms with Crippen LogP contribution in [0.1, 0.15) is 50.7 Å². The molecule has 0 radical (unpaired) electrons. The molecular weight excluding hydrogens is 302 g/mol. The summed E-state index contributed by atoms with van der Waals surface area (Å²) >= 11 is 2.95. The van der Waals surface area contributed by atoms with Gasteiger partial charge in [-0.15, -0.1) is 0 Å². The summed E-state index contributed by atoms with van der Waals surface area (Å²) in [7, 11) is 0. The van der Waals surface area contributed by atoms with Crippen molar-refractivity contribution in [3.05, 3.63) is 33.8 Å². The third-order valence-electron chi connectivity index (χ3n) is 4.22. The van der Waals surface area contributed by atoms with Crippen molar-refractivity contribution in [2.45, 2.75) is 45.1 Å². The van der Waals surface area contributed by atoms with Crippen LogP contribution < -0.4 is 0 Å². The zero-order valence-electron chi connectivity index (χ0n) is 10.3. The van der Waals surface area contributed by atoms with E-state index in [4.69, 9.17) is 0 Å². The smallest absolute Gasteiger partial charge is 0.137 e. The minimum Gasteiger partial charge on any atom is -0.388 e. The summed E-state index contributed by atoms with van der Waals surface area (Å²) in [6.07, 6.45) is 3.71. The first-order valence-electron chi connectivity index (χ1n) is 6.32. The van der Waals surface area contributed by atoms with Gasteiger partial charge in [0.25, 0.3) is 0 Å². The van der Waals surface area contributed by atoms with Gasteiger partial charge in [-0.3, -0.25) is 0 Å². The van der Waals surface area contributed by atoms with Gasteiger partial charge in [-0.1, -0.05) is 19.8 Å². The molecule has 18 heavy (non-hydrogen) atoms. The predicted molar refractivity (Wildman–Crippen MR) is 70.2 cm³/mol.